The van der Waals surface area contributed by atoms with Crippen LogP contribution in [-0.2, 0) is 4.74 Å². The minimum absolute atomic E-state index is 0.342. The summed E-state index contributed by atoms with van der Waals surface area (Å²) in [6.45, 7) is 4.33. The fourth-order valence-corrected chi connectivity index (χ4v) is 2.32. The predicted octanol–water partition coefficient (Wildman–Crippen LogP) is 2.53. The number of nitrogens with zero attached hydrogens (tertiary/aromatic N) is 1. The number of anilines is 1. The minimum Gasteiger partial charge on any atom is -0.461 e. The molecule has 1 atom stereocenters. The van der Waals surface area contributed by atoms with Crippen LogP contribution in [0.4, 0.5) is 5.13 Å². The molecule has 0 radical (unpaired) electrons. The van der Waals surface area contributed by atoms with Gasteiger partial charge < -0.3 is 10.1 Å². The lowest BCUT2D eigenvalue weighted by Crippen LogP contribution is -2.17. The molecule has 88 valence electrons. The van der Waals surface area contributed by atoms with Crippen LogP contribution in [-0.4, -0.2) is 23.6 Å². The smallest absolute Gasteiger partial charge is 0.357 e. The number of ether oxygens (including phenoxy) is 1. The summed E-state index contributed by atoms with van der Waals surface area (Å²) in [5.74, 6) is 0.431. The van der Waals surface area contributed by atoms with Crippen LogP contribution in [0.15, 0.2) is 5.38 Å². The third kappa shape index (κ3) is 2.72. The maximum Gasteiger partial charge on any atom is 0.357 e. The van der Waals surface area contributed by atoms with Crippen LogP contribution < -0.4 is 5.32 Å². The van der Waals surface area contributed by atoms with Crippen LogP contribution >= 0.6 is 11.3 Å². The number of carbonyl (C=O) groups excluding carboxylic acids is 1. The lowest BCUT2D eigenvalue weighted by atomic mass is 10.2. The number of rotatable bonds is 5. The Bertz CT molecular complexity index is 374. The van der Waals surface area contributed by atoms with Crippen LogP contribution in [0.2, 0.25) is 0 Å². The van der Waals surface area contributed by atoms with Crippen molar-refractivity contribution in [2.24, 2.45) is 5.92 Å². The third-order valence-corrected chi connectivity index (χ3v) is 3.44. The van der Waals surface area contributed by atoms with Crippen molar-refractivity contribution >= 4 is 22.4 Å². The van der Waals surface area contributed by atoms with E-state index in [9.17, 15) is 4.79 Å². The van der Waals surface area contributed by atoms with Gasteiger partial charge in [-0.2, -0.15) is 0 Å². The molecule has 1 aliphatic rings. The van der Waals surface area contributed by atoms with Crippen molar-refractivity contribution in [3.63, 3.8) is 0 Å². The number of nitrogens with one attached hydrogen (secondary N) is 1. The number of carbonyl (C=O) groups is 1. The topological polar surface area (TPSA) is 51.2 Å². The average Bonchev–Trinajstić information content (AvgIpc) is 3.00. The van der Waals surface area contributed by atoms with Crippen molar-refractivity contribution in [3.8, 4) is 0 Å². The van der Waals surface area contributed by atoms with Gasteiger partial charge in [0.2, 0.25) is 0 Å². The highest BCUT2D eigenvalue weighted by Gasteiger charge is 2.28. The first kappa shape index (κ1) is 11.4. The molecule has 16 heavy (non-hydrogen) atoms. The highest BCUT2D eigenvalue weighted by atomic mass is 32.1. The van der Waals surface area contributed by atoms with E-state index in [-0.39, 0.29) is 5.97 Å². The maximum absolute atomic E-state index is 11.4. The van der Waals surface area contributed by atoms with Gasteiger partial charge in [-0.25, -0.2) is 9.78 Å². The zero-order valence-corrected chi connectivity index (χ0v) is 10.3. The molecule has 1 aliphatic carbocycles. The second kappa shape index (κ2) is 4.82. The molecule has 1 fully saturated rings. The molecule has 1 N–H and O–H groups in total. The first-order valence-corrected chi connectivity index (χ1v) is 6.48. The summed E-state index contributed by atoms with van der Waals surface area (Å²) in [6.07, 6.45) is 2.59. The molecule has 5 heteroatoms. The van der Waals surface area contributed by atoms with E-state index in [1.165, 1.54) is 24.2 Å². The van der Waals surface area contributed by atoms with E-state index in [2.05, 4.69) is 17.2 Å². The zero-order chi connectivity index (χ0) is 11.5. The van der Waals surface area contributed by atoms with E-state index in [4.69, 9.17) is 4.74 Å². The lowest BCUT2D eigenvalue weighted by Gasteiger charge is -2.10. The fraction of sp³-hybridized carbons (Fsp3) is 0.636. The molecule has 2 rings (SSSR count). The van der Waals surface area contributed by atoms with Gasteiger partial charge in [-0.05, 0) is 32.6 Å². The third-order valence-electron chi connectivity index (χ3n) is 2.67. The molecule has 1 heterocycles. The largest absolute Gasteiger partial charge is 0.461 e. The van der Waals surface area contributed by atoms with Crippen LogP contribution in [0.1, 0.15) is 37.2 Å². The molecular formula is C11H16N2O2S. The summed E-state index contributed by atoms with van der Waals surface area (Å²) in [4.78, 5) is 15.6. The van der Waals surface area contributed by atoms with E-state index < -0.39 is 0 Å². The molecule has 0 aliphatic heterocycles. The van der Waals surface area contributed by atoms with Crippen molar-refractivity contribution in [2.45, 2.75) is 32.7 Å². The molecule has 1 saturated carbocycles. The number of aromatic nitrogens is 1. The molecule has 0 amide bonds. The summed E-state index contributed by atoms with van der Waals surface area (Å²) in [7, 11) is 0. The quantitative estimate of drug-likeness (QED) is 0.803. The molecular weight excluding hydrogens is 224 g/mol. The highest BCUT2D eigenvalue weighted by Crippen LogP contribution is 2.34. The molecule has 0 spiro atoms. The van der Waals surface area contributed by atoms with Crippen LogP contribution in [0.3, 0.4) is 0 Å². The molecule has 4 nitrogen and oxygen atoms in total. The Labute approximate surface area is 99.0 Å². The molecule has 1 aromatic heterocycles. The van der Waals surface area contributed by atoms with E-state index in [1.54, 1.807) is 12.3 Å². The number of hydrogen-bond acceptors (Lipinski definition) is 5. The molecule has 1 unspecified atom stereocenters. The Balaban J connectivity index is 1.93. The minimum atomic E-state index is -0.342. The van der Waals surface area contributed by atoms with Gasteiger partial charge in [-0.3, -0.25) is 0 Å². The fourth-order valence-electron chi connectivity index (χ4n) is 1.55. The number of esters is 1. The Morgan fingerprint density at radius 3 is 3.12 bits per heavy atom. The SMILES string of the molecule is CCOC(=O)c1csc(NC(C)C2CC2)n1. The van der Waals surface area contributed by atoms with Crippen LogP contribution in [0, 0.1) is 5.92 Å². The van der Waals surface area contributed by atoms with Crippen LogP contribution in [0.5, 0.6) is 0 Å². The van der Waals surface area contributed by atoms with Crippen molar-refractivity contribution in [3.05, 3.63) is 11.1 Å². The van der Waals surface area contributed by atoms with Gasteiger partial charge in [-0.15, -0.1) is 11.3 Å². The van der Waals surface area contributed by atoms with Gasteiger partial charge in [0.05, 0.1) is 6.61 Å². The van der Waals surface area contributed by atoms with Gasteiger partial charge in [0.15, 0.2) is 10.8 Å². The van der Waals surface area contributed by atoms with Crippen LogP contribution in [0.25, 0.3) is 0 Å². The average molecular weight is 240 g/mol. The summed E-state index contributed by atoms with van der Waals surface area (Å²) in [6, 6.07) is 0.446. The Morgan fingerprint density at radius 1 is 1.75 bits per heavy atom. The van der Waals surface area contributed by atoms with Gasteiger partial charge in [0.1, 0.15) is 0 Å². The molecule has 0 bridgehead atoms. The number of hydrogen-bond donors (Lipinski definition) is 1. The van der Waals surface area contributed by atoms with Gasteiger partial charge >= 0.3 is 5.97 Å². The Morgan fingerprint density at radius 2 is 2.50 bits per heavy atom. The normalized spacial score (nSPS) is 16.9. The van der Waals surface area contributed by atoms with Gasteiger partial charge in [-0.1, -0.05) is 0 Å². The number of thiazole rings is 1. The Kier molecular flexibility index (Phi) is 3.43. The standard InChI is InChI=1S/C11H16N2O2S/c1-3-15-10(14)9-6-16-11(13-9)12-7(2)8-4-5-8/h6-8H,3-5H2,1-2H3,(H,12,13). The summed E-state index contributed by atoms with van der Waals surface area (Å²) in [5, 5.41) is 5.86. The summed E-state index contributed by atoms with van der Waals surface area (Å²) >= 11 is 1.45. The van der Waals surface area contributed by atoms with Crippen molar-refractivity contribution in [1.82, 2.24) is 4.98 Å². The second-order valence-electron chi connectivity index (χ2n) is 4.03. The van der Waals surface area contributed by atoms with Crippen molar-refractivity contribution in [1.29, 1.82) is 0 Å². The molecule has 0 saturated heterocycles. The van der Waals surface area contributed by atoms with Gasteiger partial charge in [0, 0.05) is 11.4 Å². The monoisotopic (exact) mass is 240 g/mol. The highest BCUT2D eigenvalue weighted by molar-refractivity contribution is 7.13. The second-order valence-corrected chi connectivity index (χ2v) is 4.89. The first-order valence-electron chi connectivity index (χ1n) is 5.60. The van der Waals surface area contributed by atoms with Crippen molar-refractivity contribution < 1.29 is 9.53 Å². The molecule has 0 aromatic carbocycles. The van der Waals surface area contributed by atoms with E-state index >= 15 is 0 Å². The molecule has 1 aromatic rings. The van der Waals surface area contributed by atoms with E-state index in [0.717, 1.165) is 11.0 Å². The summed E-state index contributed by atoms with van der Waals surface area (Å²) < 4.78 is 4.88. The lowest BCUT2D eigenvalue weighted by molar-refractivity contribution is 0.0520. The maximum atomic E-state index is 11.4. The summed E-state index contributed by atoms with van der Waals surface area (Å²) in [5.41, 5.74) is 0.400. The zero-order valence-electron chi connectivity index (χ0n) is 9.53. The van der Waals surface area contributed by atoms with E-state index in [0.29, 0.717) is 18.3 Å². The first-order chi connectivity index (χ1) is 7.70. The van der Waals surface area contributed by atoms with Gasteiger partial charge in [0.25, 0.3) is 0 Å². The van der Waals surface area contributed by atoms with Crippen molar-refractivity contribution in [2.75, 3.05) is 11.9 Å². The Hall–Kier alpha value is -1.10. The van der Waals surface area contributed by atoms with E-state index in [1.807, 2.05) is 0 Å². The predicted molar refractivity (Wildman–Crippen MR) is 63.9 cm³/mol.